The fourth-order valence-corrected chi connectivity index (χ4v) is 5.79. The Morgan fingerprint density at radius 2 is 1.90 bits per heavy atom. The molecule has 1 atom stereocenters. The summed E-state index contributed by atoms with van der Waals surface area (Å²) < 4.78 is 85.2. The fraction of sp³-hybridized carbons (Fsp3) is 0.278. The van der Waals surface area contributed by atoms with E-state index in [-0.39, 0.29) is 75.8 Å². The van der Waals surface area contributed by atoms with Crippen molar-refractivity contribution < 1.29 is 41.3 Å². The number of carbonyl (C=O) groups is 1. The van der Waals surface area contributed by atoms with E-state index >= 15 is 8.78 Å². The first-order valence-electron chi connectivity index (χ1n) is 15.6. The van der Waals surface area contributed by atoms with Crippen molar-refractivity contribution in [2.24, 2.45) is 5.41 Å². The van der Waals surface area contributed by atoms with Crippen LogP contribution in [-0.4, -0.2) is 49.7 Å². The molecule has 2 fully saturated rings. The quantitative estimate of drug-likeness (QED) is 0.118. The Morgan fingerprint density at radius 1 is 1.10 bits per heavy atom. The Morgan fingerprint density at radius 3 is 2.58 bits per heavy atom. The van der Waals surface area contributed by atoms with Gasteiger partial charge in [0.2, 0.25) is 5.88 Å². The van der Waals surface area contributed by atoms with E-state index in [9.17, 15) is 23.1 Å². The van der Waals surface area contributed by atoms with E-state index < -0.39 is 35.3 Å². The summed E-state index contributed by atoms with van der Waals surface area (Å²) in [7, 11) is 0. The highest BCUT2D eigenvalue weighted by molar-refractivity contribution is 6.31. The molecule has 256 valence electrons. The largest absolute Gasteiger partial charge is 0.478 e. The van der Waals surface area contributed by atoms with E-state index in [1.165, 1.54) is 30.5 Å². The Labute approximate surface area is 286 Å². The number of aromatic nitrogens is 4. The number of carboxylic acids is 1. The zero-order chi connectivity index (χ0) is 35.2. The van der Waals surface area contributed by atoms with Crippen LogP contribution >= 0.6 is 11.6 Å². The number of rotatable bonds is 10. The molecule has 2 aromatic carbocycles. The maximum atomic E-state index is 15.6. The third-order valence-electron chi connectivity index (χ3n) is 8.73. The fourth-order valence-electron chi connectivity index (χ4n) is 5.57. The van der Waals surface area contributed by atoms with Gasteiger partial charge in [0, 0.05) is 36.4 Å². The Kier molecular flexibility index (Phi) is 8.92. The molecular formula is C36H26ClF5N4O4. The van der Waals surface area contributed by atoms with Crippen LogP contribution in [0.15, 0.2) is 54.7 Å². The Bertz CT molecular complexity index is 2210. The summed E-state index contributed by atoms with van der Waals surface area (Å²) in [6.07, 6.45) is -0.124. The van der Waals surface area contributed by atoms with Gasteiger partial charge in [-0.05, 0) is 61.2 Å². The third-order valence-corrected chi connectivity index (χ3v) is 9.06. The minimum atomic E-state index is -2.52. The van der Waals surface area contributed by atoms with E-state index in [0.29, 0.717) is 30.7 Å². The number of nitrogens with zero attached hydrogens (tertiary/aromatic N) is 4. The molecule has 8 nitrogen and oxygen atoms in total. The van der Waals surface area contributed by atoms with Crippen molar-refractivity contribution >= 4 is 28.6 Å². The Hall–Kier alpha value is -5.06. The summed E-state index contributed by atoms with van der Waals surface area (Å²) in [5.74, 6) is 1.92. The van der Waals surface area contributed by atoms with Crippen molar-refractivity contribution in [3.8, 4) is 29.0 Å². The molecule has 5 aromatic rings. The first kappa shape index (κ1) is 33.4. The van der Waals surface area contributed by atoms with Crippen LogP contribution in [0.1, 0.15) is 52.3 Å². The molecule has 50 heavy (non-hydrogen) atoms. The van der Waals surface area contributed by atoms with E-state index in [1.807, 2.05) is 0 Å². The number of carboxylic acid groups (broad SMARTS) is 1. The highest BCUT2D eigenvalue weighted by Gasteiger charge is 2.50. The number of fused-ring (bicyclic) bond motifs is 1. The smallest absolute Gasteiger partial charge is 0.335 e. The monoisotopic (exact) mass is 708 g/mol. The lowest BCUT2D eigenvalue weighted by Gasteiger charge is -2.27. The lowest BCUT2D eigenvalue weighted by Crippen LogP contribution is -2.31. The summed E-state index contributed by atoms with van der Waals surface area (Å²) in [4.78, 5) is 24.5. The maximum Gasteiger partial charge on any atom is 0.335 e. The molecule has 1 aliphatic heterocycles. The molecular weight excluding hydrogens is 683 g/mol. The summed E-state index contributed by atoms with van der Waals surface area (Å²) in [5.41, 5.74) is -0.792. The van der Waals surface area contributed by atoms with Crippen molar-refractivity contribution in [1.29, 1.82) is 0 Å². The molecule has 0 bridgehead atoms. The summed E-state index contributed by atoms with van der Waals surface area (Å²) in [5, 5.41) is 9.65. The Balaban J connectivity index is 1.09. The van der Waals surface area contributed by atoms with Crippen LogP contribution in [0, 0.1) is 34.7 Å². The first-order valence-corrected chi connectivity index (χ1v) is 15.9. The van der Waals surface area contributed by atoms with E-state index in [0.717, 1.165) is 24.6 Å². The zero-order valence-corrected chi connectivity index (χ0v) is 26.8. The lowest BCUT2D eigenvalue weighted by molar-refractivity contribution is -0.0589. The van der Waals surface area contributed by atoms with Crippen molar-refractivity contribution in [1.82, 2.24) is 19.5 Å². The van der Waals surface area contributed by atoms with Gasteiger partial charge in [-0.3, -0.25) is 4.98 Å². The summed E-state index contributed by atoms with van der Waals surface area (Å²) in [6.45, 7) is 0.652. The van der Waals surface area contributed by atoms with Crippen LogP contribution in [0.2, 0.25) is 5.02 Å². The molecule has 7 rings (SSSR count). The van der Waals surface area contributed by atoms with Crippen LogP contribution in [0.25, 0.3) is 22.3 Å². The molecule has 1 saturated heterocycles. The number of hydrogen-bond acceptors (Lipinski definition) is 6. The number of aromatic carboxylic acids is 1. The van der Waals surface area contributed by atoms with Gasteiger partial charge in [-0.15, -0.1) is 0 Å². The molecule has 1 saturated carbocycles. The van der Waals surface area contributed by atoms with E-state index in [1.54, 1.807) is 10.6 Å². The standard InChI is InChI=1S/C36H26ClF5N4O4/c37-24-10-19(4-6-36(7-8-36)35(41)42)16-43-29(24)18-50-32-3-1-2-28(44-32)23-15-25(38)20(11-26(23)39)14-31-45-33-27(40)12-21(34(47)48)13-30(33)46(31)17-22-5-9-49-22/h1-3,10-13,15-16,22,35H,5,7-9,14,17-18H2,(H,47,48). The number of ether oxygens (including phenoxy) is 2. The highest BCUT2D eigenvalue weighted by atomic mass is 35.5. The zero-order valence-electron chi connectivity index (χ0n) is 26.0. The van der Waals surface area contributed by atoms with Crippen LogP contribution in [0.3, 0.4) is 0 Å². The van der Waals surface area contributed by atoms with Crippen LogP contribution in [0.5, 0.6) is 5.88 Å². The SMILES string of the molecule is O=C(O)c1cc(F)c2nc(Cc3cc(F)c(-c4cccc(OCc5ncc(C#CC6(C(F)F)CC6)cc5Cl)n4)cc3F)n(CC3CCO3)c2c1. The van der Waals surface area contributed by atoms with Crippen LogP contribution in [0.4, 0.5) is 22.0 Å². The summed E-state index contributed by atoms with van der Waals surface area (Å²) in [6, 6.07) is 10.2. The van der Waals surface area contributed by atoms with Crippen LogP contribution < -0.4 is 4.74 Å². The number of benzene rings is 2. The average molecular weight is 709 g/mol. The van der Waals surface area contributed by atoms with Gasteiger partial charge >= 0.3 is 5.97 Å². The average Bonchev–Trinajstić information content (AvgIpc) is 3.79. The molecule has 14 heteroatoms. The van der Waals surface area contributed by atoms with Crippen molar-refractivity contribution in [3.63, 3.8) is 0 Å². The molecule has 0 spiro atoms. The van der Waals surface area contributed by atoms with Gasteiger partial charge in [0.05, 0.1) is 45.6 Å². The molecule has 1 unspecified atom stereocenters. The predicted octanol–water partition coefficient (Wildman–Crippen LogP) is 7.62. The topological polar surface area (TPSA) is 99.4 Å². The number of hydrogen-bond donors (Lipinski definition) is 1. The van der Waals surface area contributed by atoms with Crippen molar-refractivity contribution in [3.05, 3.63) is 105 Å². The van der Waals surface area contributed by atoms with Crippen LogP contribution in [-0.2, 0) is 24.3 Å². The maximum absolute atomic E-state index is 15.6. The minimum Gasteiger partial charge on any atom is -0.478 e. The molecule has 0 amide bonds. The number of alkyl halides is 2. The highest BCUT2D eigenvalue weighted by Crippen LogP contribution is 2.50. The molecule has 2 aliphatic rings. The number of imidazole rings is 1. The third kappa shape index (κ3) is 6.73. The second-order valence-electron chi connectivity index (χ2n) is 12.2. The minimum absolute atomic E-state index is 0.0565. The van der Waals surface area contributed by atoms with Gasteiger partial charge in [0.1, 0.15) is 29.6 Å². The predicted molar refractivity (Wildman–Crippen MR) is 172 cm³/mol. The second kappa shape index (κ2) is 13.3. The van der Waals surface area contributed by atoms with Crippen molar-refractivity contribution in [2.75, 3.05) is 6.61 Å². The van der Waals surface area contributed by atoms with Gasteiger partial charge in [-0.25, -0.2) is 36.7 Å². The summed E-state index contributed by atoms with van der Waals surface area (Å²) >= 11 is 6.33. The van der Waals surface area contributed by atoms with Gasteiger partial charge in [0.25, 0.3) is 6.43 Å². The van der Waals surface area contributed by atoms with Gasteiger partial charge in [-0.1, -0.05) is 29.5 Å². The lowest BCUT2D eigenvalue weighted by atomic mass is 10.0. The van der Waals surface area contributed by atoms with Gasteiger partial charge < -0.3 is 19.1 Å². The number of halogens is 6. The van der Waals surface area contributed by atoms with Gasteiger partial charge in [-0.2, -0.15) is 0 Å². The second-order valence-corrected chi connectivity index (χ2v) is 12.6. The molecule has 4 heterocycles. The molecule has 3 aromatic heterocycles. The van der Waals surface area contributed by atoms with Crippen molar-refractivity contribution in [2.45, 2.75) is 51.4 Å². The molecule has 0 radical (unpaired) electrons. The number of pyridine rings is 2. The van der Waals surface area contributed by atoms with E-state index in [2.05, 4.69) is 26.8 Å². The van der Waals surface area contributed by atoms with Gasteiger partial charge in [0.15, 0.2) is 5.82 Å². The first-order chi connectivity index (χ1) is 24.0. The normalized spacial score (nSPS) is 16.2. The molecule has 1 N–H and O–H groups in total. The van der Waals surface area contributed by atoms with E-state index in [4.69, 9.17) is 21.1 Å². The molecule has 1 aliphatic carbocycles.